The van der Waals surface area contributed by atoms with E-state index < -0.39 is 0 Å². The molecule has 1 aliphatic rings. The molecule has 0 unspecified atom stereocenters. The zero-order valence-electron chi connectivity index (χ0n) is 11.6. The van der Waals surface area contributed by atoms with E-state index in [1.165, 1.54) is 11.1 Å². The van der Waals surface area contributed by atoms with Gasteiger partial charge in [-0.2, -0.15) is 0 Å². The van der Waals surface area contributed by atoms with Gasteiger partial charge < -0.3 is 5.32 Å². The molecular formula is C17H18Cl3N. The summed E-state index contributed by atoms with van der Waals surface area (Å²) in [5.41, 5.74) is 2.67. The summed E-state index contributed by atoms with van der Waals surface area (Å²) >= 11 is 12.2. The van der Waals surface area contributed by atoms with Gasteiger partial charge in [0.2, 0.25) is 0 Å². The smallest absolute Gasteiger partial charge is 0.0595 e. The molecule has 1 N–H and O–H groups in total. The predicted octanol–water partition coefficient (Wildman–Crippen LogP) is 5.28. The van der Waals surface area contributed by atoms with Crippen molar-refractivity contribution in [1.82, 2.24) is 5.32 Å². The molecule has 0 bridgehead atoms. The minimum atomic E-state index is 0. The van der Waals surface area contributed by atoms with Crippen LogP contribution in [0.5, 0.6) is 0 Å². The first-order chi connectivity index (χ1) is 9.75. The lowest BCUT2D eigenvalue weighted by Crippen LogP contribution is -2.34. The van der Waals surface area contributed by atoms with Crippen LogP contribution in [0.3, 0.4) is 0 Å². The van der Waals surface area contributed by atoms with Crippen LogP contribution >= 0.6 is 35.6 Å². The van der Waals surface area contributed by atoms with Crippen molar-refractivity contribution < 1.29 is 0 Å². The number of rotatable bonds is 2. The quantitative estimate of drug-likeness (QED) is 0.783. The van der Waals surface area contributed by atoms with Gasteiger partial charge >= 0.3 is 0 Å². The molecular weight excluding hydrogens is 325 g/mol. The van der Waals surface area contributed by atoms with Gasteiger partial charge in [-0.15, -0.1) is 12.4 Å². The average Bonchev–Trinajstić information content (AvgIpc) is 2.51. The largest absolute Gasteiger partial charge is 0.316 e. The number of piperidine rings is 1. The lowest BCUT2D eigenvalue weighted by atomic mass is 9.77. The number of halogens is 3. The minimum absolute atomic E-state index is 0. The van der Waals surface area contributed by atoms with Gasteiger partial charge in [-0.1, -0.05) is 59.6 Å². The standard InChI is InChI=1S/C17H17Cl2N.ClH/c18-16-7-6-13(10-17(16)19)14-8-9-20-11-15(14)12-4-2-1-3-5-12;/h1-7,10,14-15,20H,8-9,11H2;1H/t14-,15+;/m0./s1. The van der Waals surface area contributed by atoms with E-state index in [0.717, 1.165) is 19.5 Å². The molecule has 0 saturated carbocycles. The Morgan fingerprint density at radius 1 is 0.857 bits per heavy atom. The lowest BCUT2D eigenvalue weighted by molar-refractivity contribution is 0.404. The summed E-state index contributed by atoms with van der Waals surface area (Å²) < 4.78 is 0. The van der Waals surface area contributed by atoms with Crippen molar-refractivity contribution in [2.75, 3.05) is 13.1 Å². The van der Waals surface area contributed by atoms with Crippen LogP contribution in [0.15, 0.2) is 48.5 Å². The van der Waals surface area contributed by atoms with E-state index in [2.05, 4.69) is 41.7 Å². The number of benzene rings is 2. The molecule has 1 nitrogen and oxygen atoms in total. The van der Waals surface area contributed by atoms with E-state index in [-0.39, 0.29) is 12.4 Å². The van der Waals surface area contributed by atoms with Crippen molar-refractivity contribution in [3.63, 3.8) is 0 Å². The van der Waals surface area contributed by atoms with Gasteiger partial charge in [0.25, 0.3) is 0 Å². The molecule has 0 spiro atoms. The molecule has 2 aromatic rings. The summed E-state index contributed by atoms with van der Waals surface area (Å²) in [4.78, 5) is 0. The summed E-state index contributed by atoms with van der Waals surface area (Å²) in [7, 11) is 0. The second-order valence-corrected chi connectivity index (χ2v) is 6.10. The molecule has 2 aromatic carbocycles. The maximum Gasteiger partial charge on any atom is 0.0595 e. The van der Waals surface area contributed by atoms with Gasteiger partial charge in [-0.3, -0.25) is 0 Å². The Hall–Kier alpha value is -0.730. The number of hydrogen-bond donors (Lipinski definition) is 1. The molecule has 0 aromatic heterocycles. The molecule has 3 rings (SSSR count). The lowest BCUT2D eigenvalue weighted by Gasteiger charge is -2.33. The van der Waals surface area contributed by atoms with Gasteiger partial charge in [0.15, 0.2) is 0 Å². The van der Waals surface area contributed by atoms with Crippen molar-refractivity contribution in [2.45, 2.75) is 18.3 Å². The fourth-order valence-electron chi connectivity index (χ4n) is 3.05. The summed E-state index contributed by atoms with van der Waals surface area (Å²) in [6.07, 6.45) is 1.12. The second kappa shape index (κ2) is 7.51. The van der Waals surface area contributed by atoms with Crippen molar-refractivity contribution in [2.24, 2.45) is 0 Å². The predicted molar refractivity (Wildman–Crippen MR) is 93.1 cm³/mol. The Labute approximate surface area is 142 Å². The molecule has 21 heavy (non-hydrogen) atoms. The monoisotopic (exact) mass is 341 g/mol. The molecule has 0 aliphatic carbocycles. The molecule has 0 amide bonds. The third-order valence-corrected chi connectivity index (χ3v) is 4.82. The van der Waals surface area contributed by atoms with Gasteiger partial charge in [0.1, 0.15) is 0 Å². The minimum Gasteiger partial charge on any atom is -0.316 e. The van der Waals surface area contributed by atoms with E-state index in [1.807, 2.05) is 12.1 Å². The van der Waals surface area contributed by atoms with Crippen LogP contribution < -0.4 is 5.32 Å². The summed E-state index contributed by atoms with van der Waals surface area (Å²) in [6.45, 7) is 2.06. The highest BCUT2D eigenvalue weighted by atomic mass is 35.5. The molecule has 1 fully saturated rings. The zero-order valence-corrected chi connectivity index (χ0v) is 13.9. The summed E-state index contributed by atoms with van der Waals surface area (Å²) in [6, 6.07) is 16.7. The summed E-state index contributed by atoms with van der Waals surface area (Å²) in [5, 5.41) is 4.77. The molecule has 2 atom stereocenters. The topological polar surface area (TPSA) is 12.0 Å². The molecule has 1 aliphatic heterocycles. The maximum atomic E-state index is 6.18. The van der Waals surface area contributed by atoms with E-state index in [1.54, 1.807) is 0 Å². The summed E-state index contributed by atoms with van der Waals surface area (Å²) in [5.74, 6) is 0.982. The van der Waals surface area contributed by atoms with Crippen LogP contribution in [0, 0.1) is 0 Å². The Balaban J connectivity index is 0.00000161. The molecule has 112 valence electrons. The highest BCUT2D eigenvalue weighted by molar-refractivity contribution is 6.42. The normalized spacial score (nSPS) is 21.6. The van der Waals surface area contributed by atoms with Crippen LogP contribution in [-0.4, -0.2) is 13.1 Å². The number of nitrogens with one attached hydrogen (secondary N) is 1. The van der Waals surface area contributed by atoms with Gasteiger partial charge in [-0.05, 0) is 42.1 Å². The fraction of sp³-hybridized carbons (Fsp3) is 0.294. The Kier molecular flexibility index (Phi) is 5.95. The van der Waals surface area contributed by atoms with Crippen molar-refractivity contribution in [3.8, 4) is 0 Å². The van der Waals surface area contributed by atoms with E-state index in [0.29, 0.717) is 21.9 Å². The second-order valence-electron chi connectivity index (χ2n) is 5.29. The third-order valence-electron chi connectivity index (χ3n) is 4.08. The average molecular weight is 343 g/mol. The Morgan fingerprint density at radius 2 is 1.62 bits per heavy atom. The van der Waals surface area contributed by atoms with Crippen LogP contribution in [0.4, 0.5) is 0 Å². The van der Waals surface area contributed by atoms with Crippen LogP contribution in [-0.2, 0) is 0 Å². The van der Waals surface area contributed by atoms with E-state index in [9.17, 15) is 0 Å². The molecule has 1 saturated heterocycles. The van der Waals surface area contributed by atoms with Crippen molar-refractivity contribution in [3.05, 3.63) is 69.7 Å². The first-order valence-corrected chi connectivity index (χ1v) is 7.72. The Bertz CT molecular complexity index is 586. The van der Waals surface area contributed by atoms with Crippen molar-refractivity contribution >= 4 is 35.6 Å². The highest BCUT2D eigenvalue weighted by Crippen LogP contribution is 2.39. The maximum absolute atomic E-state index is 6.18. The first-order valence-electron chi connectivity index (χ1n) is 6.96. The van der Waals surface area contributed by atoms with E-state index in [4.69, 9.17) is 23.2 Å². The molecule has 1 heterocycles. The zero-order chi connectivity index (χ0) is 13.9. The third kappa shape index (κ3) is 3.73. The van der Waals surface area contributed by atoms with Crippen molar-refractivity contribution in [1.29, 1.82) is 0 Å². The van der Waals surface area contributed by atoms with Crippen LogP contribution in [0.25, 0.3) is 0 Å². The van der Waals surface area contributed by atoms with E-state index >= 15 is 0 Å². The highest BCUT2D eigenvalue weighted by Gasteiger charge is 2.27. The van der Waals surface area contributed by atoms with Gasteiger partial charge in [0, 0.05) is 12.5 Å². The SMILES string of the molecule is Cl.Clc1ccc([C@@H]2CCNC[C@@H]2c2ccccc2)cc1Cl. The van der Waals surface area contributed by atoms with Gasteiger partial charge in [-0.25, -0.2) is 0 Å². The van der Waals surface area contributed by atoms with Crippen LogP contribution in [0.1, 0.15) is 29.4 Å². The fourth-order valence-corrected chi connectivity index (χ4v) is 3.36. The number of hydrogen-bond acceptors (Lipinski definition) is 1. The molecule has 0 radical (unpaired) electrons. The first kappa shape index (κ1) is 16.6. The molecule has 4 heteroatoms. The van der Waals surface area contributed by atoms with Crippen LogP contribution in [0.2, 0.25) is 10.0 Å². The Morgan fingerprint density at radius 3 is 2.33 bits per heavy atom. The van der Waals surface area contributed by atoms with Gasteiger partial charge in [0.05, 0.1) is 10.0 Å².